The molecule has 2 rings (SSSR count). The molecular weight excluding hydrogens is 295 g/mol. The average molecular weight is 311 g/mol. The van der Waals surface area contributed by atoms with Crippen molar-refractivity contribution >= 4 is 23.2 Å². The molecule has 1 heterocycles. The number of halogens is 2. The molecule has 1 aromatic carbocycles. The van der Waals surface area contributed by atoms with Gasteiger partial charge < -0.3 is 10.5 Å². The number of nitrogens with zero attached hydrogens (tertiary/aromatic N) is 1. The first-order valence-electron chi connectivity index (χ1n) is 6.42. The van der Waals surface area contributed by atoms with E-state index < -0.39 is 0 Å². The van der Waals surface area contributed by atoms with Crippen LogP contribution < -0.4 is 10.5 Å². The Morgan fingerprint density at radius 3 is 2.65 bits per heavy atom. The van der Waals surface area contributed by atoms with Crippen molar-refractivity contribution < 1.29 is 4.74 Å². The lowest BCUT2D eigenvalue weighted by Gasteiger charge is -2.10. The molecule has 0 bridgehead atoms. The van der Waals surface area contributed by atoms with Crippen LogP contribution in [0, 0.1) is 0 Å². The summed E-state index contributed by atoms with van der Waals surface area (Å²) in [5, 5.41) is 1.02. The highest BCUT2D eigenvalue weighted by atomic mass is 35.5. The maximum absolute atomic E-state index is 6.04. The largest absolute Gasteiger partial charge is 0.437 e. The maximum Gasteiger partial charge on any atom is 0.219 e. The van der Waals surface area contributed by atoms with Crippen LogP contribution in [0.2, 0.25) is 10.0 Å². The second kappa shape index (κ2) is 6.93. The van der Waals surface area contributed by atoms with Crippen molar-refractivity contribution in [3.05, 3.63) is 52.1 Å². The minimum atomic E-state index is 0.161. The fraction of sp³-hybridized carbons (Fsp3) is 0.267. The van der Waals surface area contributed by atoms with Gasteiger partial charge in [-0.25, -0.2) is 4.98 Å². The van der Waals surface area contributed by atoms with Gasteiger partial charge in [0.15, 0.2) is 0 Å². The monoisotopic (exact) mass is 310 g/mol. The molecule has 3 nitrogen and oxygen atoms in total. The van der Waals surface area contributed by atoms with Gasteiger partial charge in [-0.15, -0.1) is 0 Å². The van der Waals surface area contributed by atoms with Crippen LogP contribution in [0.15, 0.2) is 36.5 Å². The second-order valence-corrected chi connectivity index (χ2v) is 5.40. The lowest BCUT2D eigenvalue weighted by atomic mass is 10.1. The van der Waals surface area contributed by atoms with Crippen molar-refractivity contribution in [1.29, 1.82) is 0 Å². The predicted molar refractivity (Wildman–Crippen MR) is 82.7 cm³/mol. The van der Waals surface area contributed by atoms with E-state index in [9.17, 15) is 0 Å². The van der Waals surface area contributed by atoms with Crippen LogP contribution in [0.3, 0.4) is 0 Å². The molecular formula is C15H16Cl2N2O. The van der Waals surface area contributed by atoms with Crippen LogP contribution in [0.25, 0.3) is 0 Å². The third kappa shape index (κ3) is 4.10. The Labute approximate surface area is 128 Å². The summed E-state index contributed by atoms with van der Waals surface area (Å²) in [6.07, 6.45) is 3.53. The average Bonchev–Trinajstić information content (AvgIpc) is 2.44. The number of rotatable bonds is 5. The van der Waals surface area contributed by atoms with E-state index >= 15 is 0 Å². The molecule has 0 aliphatic rings. The Morgan fingerprint density at radius 2 is 2.05 bits per heavy atom. The molecule has 1 unspecified atom stereocenters. The predicted octanol–water partition coefficient (Wildman–Crippen LogP) is 4.46. The Kier molecular flexibility index (Phi) is 5.24. The number of pyridine rings is 1. The zero-order chi connectivity index (χ0) is 14.5. The van der Waals surface area contributed by atoms with Gasteiger partial charge >= 0.3 is 0 Å². The van der Waals surface area contributed by atoms with Gasteiger partial charge in [0.1, 0.15) is 5.75 Å². The summed E-state index contributed by atoms with van der Waals surface area (Å²) in [6.45, 7) is 2.07. The Hall–Kier alpha value is -1.29. The van der Waals surface area contributed by atoms with Crippen LogP contribution in [0.4, 0.5) is 0 Å². The van der Waals surface area contributed by atoms with E-state index in [-0.39, 0.29) is 6.04 Å². The first-order chi connectivity index (χ1) is 9.58. The molecule has 2 aromatic rings. The summed E-state index contributed by atoms with van der Waals surface area (Å²) in [5.41, 5.74) is 7.00. The third-order valence-electron chi connectivity index (χ3n) is 2.93. The van der Waals surface area contributed by atoms with Gasteiger partial charge in [0.05, 0.1) is 5.02 Å². The topological polar surface area (TPSA) is 48.1 Å². The molecule has 106 valence electrons. The molecule has 0 saturated heterocycles. The van der Waals surface area contributed by atoms with Crippen molar-refractivity contribution in [2.75, 3.05) is 0 Å². The summed E-state index contributed by atoms with van der Waals surface area (Å²) < 4.78 is 5.62. The molecule has 0 radical (unpaired) electrons. The number of hydrogen-bond acceptors (Lipinski definition) is 3. The standard InChI is InChI=1S/C15H16Cl2N2O/c1-2-12(18)7-10-3-6-15(19-9-10)20-14-5-4-11(16)8-13(14)17/h3-6,8-9,12H,2,7,18H2,1H3. The molecule has 0 saturated carbocycles. The normalized spacial score (nSPS) is 12.2. The molecule has 0 fully saturated rings. The molecule has 0 aliphatic heterocycles. The second-order valence-electron chi connectivity index (χ2n) is 4.55. The summed E-state index contributed by atoms with van der Waals surface area (Å²) in [4.78, 5) is 4.26. The van der Waals surface area contributed by atoms with Crippen molar-refractivity contribution in [3.63, 3.8) is 0 Å². The number of nitrogens with two attached hydrogens (primary N) is 1. The molecule has 5 heteroatoms. The number of benzene rings is 1. The SMILES string of the molecule is CCC(N)Cc1ccc(Oc2ccc(Cl)cc2Cl)nc1. The molecule has 20 heavy (non-hydrogen) atoms. The number of hydrogen-bond donors (Lipinski definition) is 1. The summed E-state index contributed by atoms with van der Waals surface area (Å²) >= 11 is 11.9. The van der Waals surface area contributed by atoms with Crippen molar-refractivity contribution in [3.8, 4) is 11.6 Å². The van der Waals surface area contributed by atoms with Gasteiger partial charge in [-0.1, -0.05) is 36.2 Å². The van der Waals surface area contributed by atoms with E-state index in [1.807, 2.05) is 12.1 Å². The van der Waals surface area contributed by atoms with E-state index in [0.717, 1.165) is 18.4 Å². The first kappa shape index (κ1) is 15.1. The summed E-state index contributed by atoms with van der Waals surface area (Å²) in [5.74, 6) is 1.02. The van der Waals surface area contributed by atoms with E-state index in [4.69, 9.17) is 33.7 Å². The maximum atomic E-state index is 6.04. The highest BCUT2D eigenvalue weighted by molar-refractivity contribution is 6.35. The highest BCUT2D eigenvalue weighted by Crippen LogP contribution is 2.30. The third-order valence-corrected chi connectivity index (χ3v) is 3.46. The number of ether oxygens (including phenoxy) is 1. The van der Waals surface area contributed by atoms with Crippen LogP contribution in [0.5, 0.6) is 11.6 Å². The van der Waals surface area contributed by atoms with Crippen LogP contribution in [0.1, 0.15) is 18.9 Å². The Morgan fingerprint density at radius 1 is 1.25 bits per heavy atom. The minimum absolute atomic E-state index is 0.161. The fourth-order valence-corrected chi connectivity index (χ4v) is 2.16. The van der Waals surface area contributed by atoms with Crippen LogP contribution in [-0.4, -0.2) is 11.0 Å². The first-order valence-corrected chi connectivity index (χ1v) is 7.17. The van der Waals surface area contributed by atoms with E-state index in [1.54, 1.807) is 24.4 Å². The molecule has 1 atom stereocenters. The lowest BCUT2D eigenvalue weighted by Crippen LogP contribution is -2.21. The smallest absolute Gasteiger partial charge is 0.219 e. The summed E-state index contributed by atoms with van der Waals surface area (Å²) in [7, 11) is 0. The van der Waals surface area contributed by atoms with Gasteiger partial charge in [-0.3, -0.25) is 0 Å². The van der Waals surface area contributed by atoms with Gasteiger partial charge in [-0.2, -0.15) is 0 Å². The fourth-order valence-electron chi connectivity index (χ4n) is 1.71. The van der Waals surface area contributed by atoms with Crippen molar-refractivity contribution in [1.82, 2.24) is 4.98 Å². The van der Waals surface area contributed by atoms with Gasteiger partial charge in [0.25, 0.3) is 0 Å². The lowest BCUT2D eigenvalue weighted by molar-refractivity contribution is 0.462. The van der Waals surface area contributed by atoms with Gasteiger partial charge in [0, 0.05) is 23.3 Å². The number of aromatic nitrogens is 1. The zero-order valence-electron chi connectivity index (χ0n) is 11.1. The van der Waals surface area contributed by atoms with E-state index in [1.165, 1.54) is 0 Å². The minimum Gasteiger partial charge on any atom is -0.437 e. The highest BCUT2D eigenvalue weighted by Gasteiger charge is 2.06. The van der Waals surface area contributed by atoms with Crippen molar-refractivity contribution in [2.45, 2.75) is 25.8 Å². The van der Waals surface area contributed by atoms with Gasteiger partial charge in [-0.05, 0) is 36.6 Å². The molecule has 0 amide bonds. The van der Waals surface area contributed by atoms with Crippen LogP contribution >= 0.6 is 23.2 Å². The Bertz CT molecular complexity index is 573. The van der Waals surface area contributed by atoms with E-state index in [2.05, 4.69) is 11.9 Å². The van der Waals surface area contributed by atoms with Crippen molar-refractivity contribution in [2.24, 2.45) is 5.73 Å². The van der Waals surface area contributed by atoms with Gasteiger partial charge in [0.2, 0.25) is 5.88 Å². The molecule has 2 N–H and O–H groups in total. The van der Waals surface area contributed by atoms with Crippen LogP contribution in [-0.2, 0) is 6.42 Å². The van der Waals surface area contributed by atoms with E-state index in [0.29, 0.717) is 21.7 Å². The Balaban J connectivity index is 2.07. The molecule has 0 spiro atoms. The zero-order valence-corrected chi connectivity index (χ0v) is 12.7. The molecule has 1 aromatic heterocycles. The quantitative estimate of drug-likeness (QED) is 0.887. The summed E-state index contributed by atoms with van der Waals surface area (Å²) in [6, 6.07) is 9.00. The molecule has 0 aliphatic carbocycles.